The fourth-order valence-electron chi connectivity index (χ4n) is 3.31. The Morgan fingerprint density at radius 1 is 1.18 bits per heavy atom. The van der Waals surface area contributed by atoms with Gasteiger partial charge >= 0.3 is 5.69 Å². The normalized spacial score (nSPS) is 11.1. The molecule has 0 saturated carbocycles. The predicted molar refractivity (Wildman–Crippen MR) is 130 cm³/mol. The summed E-state index contributed by atoms with van der Waals surface area (Å²) in [6.07, 6.45) is 0. The van der Waals surface area contributed by atoms with Crippen molar-refractivity contribution in [3.05, 3.63) is 43.6 Å². The number of hydrogen-bond acceptors (Lipinski definition) is 7. The van der Waals surface area contributed by atoms with E-state index < -0.39 is 29.7 Å². The van der Waals surface area contributed by atoms with Crippen molar-refractivity contribution in [2.45, 2.75) is 34.2 Å². The van der Waals surface area contributed by atoms with E-state index in [1.165, 1.54) is 28.7 Å². The van der Waals surface area contributed by atoms with Crippen LogP contribution >= 0.6 is 11.6 Å². The molecule has 186 valence electrons. The molecule has 0 aliphatic rings. The van der Waals surface area contributed by atoms with Crippen molar-refractivity contribution in [2.24, 2.45) is 17.6 Å². The number of nitrogens with zero attached hydrogens (tertiary/aromatic N) is 2. The SMILES string of the molecule is COc1cc(C(=O)N(CC(C)C)c2c(N)n(CC(C)C)c(=O)[nH]c2=O)cc(Cl)c1OCC(N)=O. The number of amides is 2. The second-order valence-electron chi connectivity index (χ2n) is 8.55. The van der Waals surface area contributed by atoms with E-state index in [9.17, 15) is 19.2 Å². The number of nitrogens with one attached hydrogen (secondary N) is 1. The molecule has 0 atom stereocenters. The largest absolute Gasteiger partial charge is 0.493 e. The second-order valence-corrected chi connectivity index (χ2v) is 8.96. The van der Waals surface area contributed by atoms with Gasteiger partial charge in [0.1, 0.15) is 5.82 Å². The summed E-state index contributed by atoms with van der Waals surface area (Å²) >= 11 is 6.30. The maximum atomic E-state index is 13.6. The lowest BCUT2D eigenvalue weighted by Crippen LogP contribution is -2.43. The van der Waals surface area contributed by atoms with E-state index in [0.717, 1.165) is 0 Å². The highest BCUT2D eigenvalue weighted by Crippen LogP contribution is 2.37. The Balaban J connectivity index is 2.65. The summed E-state index contributed by atoms with van der Waals surface area (Å²) in [5.74, 6) is -1.29. The van der Waals surface area contributed by atoms with Gasteiger partial charge in [0.2, 0.25) is 0 Å². The number of halogens is 1. The molecule has 5 N–H and O–H groups in total. The van der Waals surface area contributed by atoms with Gasteiger partial charge in [0.05, 0.1) is 12.1 Å². The van der Waals surface area contributed by atoms with Crippen LogP contribution in [0.1, 0.15) is 38.1 Å². The number of H-pyrrole nitrogens is 1. The minimum atomic E-state index is -0.782. The Labute approximate surface area is 201 Å². The van der Waals surface area contributed by atoms with Gasteiger partial charge in [-0.2, -0.15) is 0 Å². The number of benzene rings is 1. The van der Waals surface area contributed by atoms with Gasteiger partial charge in [0.25, 0.3) is 17.4 Å². The third kappa shape index (κ3) is 6.10. The molecule has 11 nitrogen and oxygen atoms in total. The molecule has 0 saturated heterocycles. The van der Waals surface area contributed by atoms with Gasteiger partial charge in [-0.05, 0) is 24.0 Å². The van der Waals surface area contributed by atoms with Crippen molar-refractivity contribution in [3.8, 4) is 11.5 Å². The zero-order chi connectivity index (χ0) is 25.7. The standard InChI is InChI=1S/C22H30ClN5O6/c1-11(2)8-27(17-19(25)28(9-12(3)4)22(32)26-20(17)30)21(31)13-6-14(23)18(15(7-13)33-5)34-10-16(24)29/h6-7,11-12H,8-10,25H2,1-5H3,(H2,24,29)(H,26,30,32). The molecule has 0 bridgehead atoms. The van der Waals surface area contributed by atoms with Gasteiger partial charge in [0, 0.05) is 18.7 Å². The molecule has 0 aliphatic heterocycles. The van der Waals surface area contributed by atoms with E-state index in [1.807, 2.05) is 27.7 Å². The summed E-state index contributed by atoms with van der Waals surface area (Å²) in [7, 11) is 1.34. The smallest absolute Gasteiger partial charge is 0.330 e. The van der Waals surface area contributed by atoms with Crippen LogP contribution in [0.2, 0.25) is 5.02 Å². The first-order valence-electron chi connectivity index (χ1n) is 10.6. The van der Waals surface area contributed by atoms with Crippen molar-refractivity contribution >= 4 is 34.9 Å². The molecule has 0 fully saturated rings. The number of carbonyl (C=O) groups is 2. The van der Waals surface area contributed by atoms with E-state index in [2.05, 4.69) is 4.98 Å². The highest BCUT2D eigenvalue weighted by Gasteiger charge is 2.28. The van der Waals surface area contributed by atoms with E-state index >= 15 is 0 Å². The zero-order valence-corrected chi connectivity index (χ0v) is 20.6. The lowest BCUT2D eigenvalue weighted by Gasteiger charge is -2.27. The molecule has 34 heavy (non-hydrogen) atoms. The molecular weight excluding hydrogens is 466 g/mol. The number of rotatable bonds is 10. The van der Waals surface area contributed by atoms with Gasteiger partial charge in [-0.25, -0.2) is 4.79 Å². The highest BCUT2D eigenvalue weighted by molar-refractivity contribution is 6.33. The molecule has 1 aromatic carbocycles. The summed E-state index contributed by atoms with van der Waals surface area (Å²) in [6.45, 7) is 7.46. The summed E-state index contributed by atoms with van der Waals surface area (Å²) in [5, 5.41) is 0.0000984. The highest BCUT2D eigenvalue weighted by atomic mass is 35.5. The molecule has 2 rings (SSSR count). The molecule has 0 aliphatic carbocycles. The van der Waals surface area contributed by atoms with E-state index in [0.29, 0.717) is 0 Å². The minimum absolute atomic E-state index is 0.0000984. The first-order chi connectivity index (χ1) is 15.9. The maximum absolute atomic E-state index is 13.6. The van der Waals surface area contributed by atoms with E-state index in [4.69, 9.17) is 32.5 Å². The Hall–Kier alpha value is -3.47. The van der Waals surface area contributed by atoms with Gasteiger partial charge in [-0.3, -0.25) is 23.9 Å². The number of hydrogen-bond donors (Lipinski definition) is 3. The molecular formula is C22H30ClN5O6. The van der Waals surface area contributed by atoms with E-state index in [-0.39, 0.29) is 58.5 Å². The predicted octanol–water partition coefficient (Wildman–Crippen LogP) is 1.60. The number of carbonyl (C=O) groups excluding carboxylic acids is 2. The van der Waals surface area contributed by atoms with Crippen LogP contribution in [0.25, 0.3) is 0 Å². The number of nitrogens with two attached hydrogens (primary N) is 2. The van der Waals surface area contributed by atoms with Crippen LogP contribution in [-0.4, -0.2) is 41.6 Å². The molecule has 12 heteroatoms. The summed E-state index contributed by atoms with van der Waals surface area (Å²) in [5.41, 5.74) is 9.86. The van der Waals surface area contributed by atoms with Gasteiger partial charge in [-0.15, -0.1) is 0 Å². The minimum Gasteiger partial charge on any atom is -0.493 e. The summed E-state index contributed by atoms with van der Waals surface area (Å²) in [6, 6.07) is 2.69. The molecule has 0 radical (unpaired) electrons. The average Bonchev–Trinajstić information content (AvgIpc) is 2.73. The number of ether oxygens (including phenoxy) is 2. The molecule has 0 spiro atoms. The van der Waals surface area contributed by atoms with Gasteiger partial charge < -0.3 is 25.8 Å². The lowest BCUT2D eigenvalue weighted by molar-refractivity contribution is -0.119. The van der Waals surface area contributed by atoms with Crippen LogP contribution in [0.4, 0.5) is 11.5 Å². The first kappa shape index (κ1) is 26.8. The number of aromatic amines is 1. The number of nitrogen functional groups attached to an aromatic ring is 1. The molecule has 0 unspecified atom stereocenters. The van der Waals surface area contributed by atoms with Gasteiger partial charge in [0.15, 0.2) is 23.8 Å². The van der Waals surface area contributed by atoms with Crippen LogP contribution in [0.15, 0.2) is 21.7 Å². The van der Waals surface area contributed by atoms with Crippen molar-refractivity contribution in [1.29, 1.82) is 0 Å². The molecule has 2 aromatic rings. The van der Waals surface area contributed by atoms with Crippen LogP contribution < -0.4 is 37.1 Å². The van der Waals surface area contributed by atoms with Crippen molar-refractivity contribution in [1.82, 2.24) is 9.55 Å². The number of methoxy groups -OCH3 is 1. The zero-order valence-electron chi connectivity index (χ0n) is 19.8. The van der Waals surface area contributed by atoms with Crippen LogP contribution in [0.3, 0.4) is 0 Å². The average molecular weight is 496 g/mol. The Morgan fingerprint density at radius 3 is 2.35 bits per heavy atom. The first-order valence-corrected chi connectivity index (χ1v) is 11.0. The summed E-state index contributed by atoms with van der Waals surface area (Å²) < 4.78 is 11.8. The van der Waals surface area contributed by atoms with E-state index in [1.54, 1.807) is 0 Å². The monoisotopic (exact) mass is 495 g/mol. The van der Waals surface area contributed by atoms with Gasteiger partial charge in [-0.1, -0.05) is 39.3 Å². The maximum Gasteiger partial charge on any atom is 0.330 e. The van der Waals surface area contributed by atoms with Crippen molar-refractivity contribution in [2.75, 3.05) is 30.9 Å². The van der Waals surface area contributed by atoms with Crippen LogP contribution in [0, 0.1) is 11.8 Å². The number of primary amides is 1. The van der Waals surface area contributed by atoms with Crippen molar-refractivity contribution in [3.63, 3.8) is 0 Å². The molecule has 1 aromatic heterocycles. The molecule has 1 heterocycles. The topological polar surface area (TPSA) is 163 Å². The van der Waals surface area contributed by atoms with Crippen LogP contribution in [-0.2, 0) is 11.3 Å². The Morgan fingerprint density at radius 2 is 1.82 bits per heavy atom. The second kappa shape index (κ2) is 11.1. The number of aromatic nitrogens is 2. The summed E-state index contributed by atoms with van der Waals surface area (Å²) in [4.78, 5) is 53.3. The fraction of sp³-hybridized carbons (Fsp3) is 0.455. The van der Waals surface area contributed by atoms with Crippen LogP contribution in [0.5, 0.6) is 11.5 Å². The lowest BCUT2D eigenvalue weighted by atomic mass is 10.1. The molecule has 2 amide bonds. The Bertz CT molecular complexity index is 1190. The fourth-order valence-corrected chi connectivity index (χ4v) is 3.57. The third-order valence-electron chi connectivity index (χ3n) is 4.66. The third-order valence-corrected chi connectivity index (χ3v) is 4.94. The quantitative estimate of drug-likeness (QED) is 0.450. The number of anilines is 2. The van der Waals surface area contributed by atoms with Crippen molar-refractivity contribution < 1.29 is 19.1 Å². The Kier molecular flexibility index (Phi) is 8.74.